The van der Waals surface area contributed by atoms with Gasteiger partial charge in [0.15, 0.2) is 5.78 Å². The first-order valence-electron chi connectivity index (χ1n) is 8.06. The quantitative estimate of drug-likeness (QED) is 0.717. The van der Waals surface area contributed by atoms with E-state index in [0.29, 0.717) is 25.5 Å². The van der Waals surface area contributed by atoms with Gasteiger partial charge in [0.05, 0.1) is 12.8 Å². The average molecular weight is 335 g/mol. The Morgan fingerprint density at radius 3 is 2.76 bits per heavy atom. The minimum absolute atomic E-state index is 0.140. The molecule has 2 aromatic heterocycles. The molecule has 0 bridgehead atoms. The van der Waals surface area contributed by atoms with Crippen LogP contribution in [0.5, 0.6) is 11.8 Å². The van der Waals surface area contributed by atoms with Gasteiger partial charge in [-0.1, -0.05) is 12.1 Å². The minimum atomic E-state index is 0.140. The van der Waals surface area contributed by atoms with E-state index >= 15 is 0 Å². The molecule has 6 nitrogen and oxygen atoms in total. The van der Waals surface area contributed by atoms with Crippen molar-refractivity contribution < 1.29 is 14.3 Å². The van der Waals surface area contributed by atoms with Crippen LogP contribution in [0.1, 0.15) is 24.1 Å². The van der Waals surface area contributed by atoms with E-state index in [1.165, 1.54) is 0 Å². The topological polar surface area (TPSA) is 65.7 Å². The van der Waals surface area contributed by atoms with Crippen LogP contribution >= 0.6 is 0 Å². The first kappa shape index (κ1) is 15.4. The third-order valence-electron chi connectivity index (χ3n) is 4.19. The number of carbonyl (C=O) groups is 1. The van der Waals surface area contributed by atoms with Crippen LogP contribution in [-0.4, -0.2) is 27.3 Å². The van der Waals surface area contributed by atoms with E-state index in [1.807, 2.05) is 36.5 Å². The first-order valence-corrected chi connectivity index (χ1v) is 8.06. The number of rotatable bonds is 5. The Balaban J connectivity index is 1.62. The van der Waals surface area contributed by atoms with Crippen LogP contribution in [0, 0.1) is 0 Å². The van der Waals surface area contributed by atoms with Crippen molar-refractivity contribution in [1.29, 1.82) is 0 Å². The fourth-order valence-electron chi connectivity index (χ4n) is 2.83. The lowest BCUT2D eigenvalue weighted by Gasteiger charge is -2.10. The van der Waals surface area contributed by atoms with Gasteiger partial charge < -0.3 is 9.47 Å². The van der Waals surface area contributed by atoms with E-state index in [9.17, 15) is 4.79 Å². The standard InChI is InChI=1S/C19H17N3O3/c1-24-16-6-2-13(3-7-16)12-25-19-21-17(14-4-5-15(23)10-14)11-18-20-8-9-22(18)19/h2-3,6-11H,4-5,12H2,1H3. The van der Waals surface area contributed by atoms with Crippen molar-refractivity contribution in [1.82, 2.24) is 14.4 Å². The summed E-state index contributed by atoms with van der Waals surface area (Å²) in [4.78, 5) is 20.4. The molecule has 3 aromatic rings. The molecule has 0 amide bonds. The predicted molar refractivity (Wildman–Crippen MR) is 92.5 cm³/mol. The van der Waals surface area contributed by atoms with Crippen molar-refractivity contribution in [3.05, 3.63) is 60.1 Å². The molecule has 0 saturated heterocycles. The molecule has 126 valence electrons. The zero-order chi connectivity index (χ0) is 17.2. The van der Waals surface area contributed by atoms with E-state index < -0.39 is 0 Å². The number of hydrogen-bond donors (Lipinski definition) is 0. The first-order chi connectivity index (χ1) is 12.2. The van der Waals surface area contributed by atoms with Crippen LogP contribution in [0.15, 0.2) is 48.8 Å². The number of aromatic nitrogens is 3. The van der Waals surface area contributed by atoms with Crippen molar-refractivity contribution in [2.45, 2.75) is 19.4 Å². The van der Waals surface area contributed by atoms with Gasteiger partial charge in [-0.05, 0) is 35.8 Å². The van der Waals surface area contributed by atoms with Gasteiger partial charge in [-0.15, -0.1) is 0 Å². The SMILES string of the molecule is COc1ccc(COc2nc(C3=CC(=O)CC3)cc3nccn23)cc1. The van der Waals surface area contributed by atoms with E-state index in [4.69, 9.17) is 9.47 Å². The Labute approximate surface area is 144 Å². The summed E-state index contributed by atoms with van der Waals surface area (Å²) in [6.07, 6.45) is 6.42. The number of benzene rings is 1. The normalized spacial score (nSPS) is 14.0. The molecule has 0 fully saturated rings. The van der Waals surface area contributed by atoms with Crippen molar-refractivity contribution in [3.8, 4) is 11.8 Å². The zero-order valence-electron chi connectivity index (χ0n) is 13.8. The van der Waals surface area contributed by atoms with Gasteiger partial charge in [0.1, 0.15) is 18.0 Å². The van der Waals surface area contributed by atoms with E-state index in [2.05, 4.69) is 9.97 Å². The minimum Gasteiger partial charge on any atom is -0.497 e. The van der Waals surface area contributed by atoms with Crippen LogP contribution in [0.3, 0.4) is 0 Å². The maximum atomic E-state index is 11.5. The number of nitrogens with zero attached hydrogens (tertiary/aromatic N) is 3. The molecule has 1 aliphatic rings. The zero-order valence-corrected chi connectivity index (χ0v) is 13.8. The highest BCUT2D eigenvalue weighted by molar-refractivity contribution is 6.01. The van der Waals surface area contributed by atoms with Crippen molar-refractivity contribution in [3.63, 3.8) is 0 Å². The molecule has 0 saturated carbocycles. The lowest BCUT2D eigenvalue weighted by molar-refractivity contribution is -0.114. The molecule has 4 rings (SSSR count). The average Bonchev–Trinajstić information content (AvgIpc) is 3.28. The van der Waals surface area contributed by atoms with E-state index in [-0.39, 0.29) is 5.78 Å². The maximum Gasteiger partial charge on any atom is 0.303 e. The molecule has 25 heavy (non-hydrogen) atoms. The fourth-order valence-corrected chi connectivity index (χ4v) is 2.83. The highest BCUT2D eigenvalue weighted by Gasteiger charge is 2.17. The number of allylic oxidation sites excluding steroid dienone is 2. The number of methoxy groups -OCH3 is 1. The number of hydrogen-bond acceptors (Lipinski definition) is 5. The van der Waals surface area contributed by atoms with Gasteiger partial charge in [-0.3, -0.25) is 9.20 Å². The largest absolute Gasteiger partial charge is 0.497 e. The summed E-state index contributed by atoms with van der Waals surface area (Å²) in [6, 6.07) is 10.0. The summed E-state index contributed by atoms with van der Waals surface area (Å²) in [7, 11) is 1.64. The second-order valence-electron chi connectivity index (χ2n) is 5.85. The Morgan fingerprint density at radius 1 is 1.20 bits per heavy atom. The number of fused-ring (bicyclic) bond motifs is 1. The van der Waals surface area contributed by atoms with Crippen LogP contribution in [0.4, 0.5) is 0 Å². The van der Waals surface area contributed by atoms with Gasteiger partial charge in [0.2, 0.25) is 0 Å². The van der Waals surface area contributed by atoms with Gasteiger partial charge >= 0.3 is 6.01 Å². The van der Waals surface area contributed by atoms with Gasteiger partial charge in [-0.2, -0.15) is 4.98 Å². The molecule has 2 heterocycles. The number of carbonyl (C=O) groups excluding carboxylic acids is 1. The lowest BCUT2D eigenvalue weighted by atomic mass is 10.1. The van der Waals surface area contributed by atoms with Gasteiger partial charge in [-0.25, -0.2) is 4.98 Å². The van der Waals surface area contributed by atoms with E-state index in [1.54, 1.807) is 23.8 Å². The molecule has 0 N–H and O–H groups in total. The van der Waals surface area contributed by atoms with Crippen LogP contribution in [-0.2, 0) is 11.4 Å². The second kappa shape index (κ2) is 6.39. The van der Waals surface area contributed by atoms with Gasteiger partial charge in [0.25, 0.3) is 0 Å². The Hall–Kier alpha value is -3.15. The Morgan fingerprint density at radius 2 is 2.04 bits per heavy atom. The van der Waals surface area contributed by atoms with Crippen molar-refractivity contribution >= 4 is 17.0 Å². The molecule has 0 spiro atoms. The molecule has 0 aliphatic heterocycles. The third kappa shape index (κ3) is 3.10. The molecule has 1 aromatic carbocycles. The molecular weight excluding hydrogens is 318 g/mol. The Kier molecular flexibility index (Phi) is 3.93. The number of imidazole rings is 1. The number of ketones is 1. The molecule has 1 aliphatic carbocycles. The van der Waals surface area contributed by atoms with Crippen LogP contribution < -0.4 is 9.47 Å². The predicted octanol–water partition coefficient (Wildman–Crippen LogP) is 3.06. The monoisotopic (exact) mass is 335 g/mol. The smallest absolute Gasteiger partial charge is 0.303 e. The highest BCUT2D eigenvalue weighted by Crippen LogP contribution is 2.27. The van der Waals surface area contributed by atoms with Gasteiger partial charge in [0, 0.05) is 24.9 Å². The van der Waals surface area contributed by atoms with Crippen molar-refractivity contribution in [2.24, 2.45) is 0 Å². The molecule has 0 unspecified atom stereocenters. The summed E-state index contributed by atoms with van der Waals surface area (Å²) in [5.74, 6) is 0.944. The number of ether oxygens (including phenoxy) is 2. The molecular formula is C19H17N3O3. The summed E-state index contributed by atoms with van der Waals surface area (Å²) in [6.45, 7) is 0.381. The second-order valence-corrected chi connectivity index (χ2v) is 5.85. The Bertz CT molecular complexity index is 958. The summed E-state index contributed by atoms with van der Waals surface area (Å²) < 4.78 is 12.9. The fraction of sp³-hybridized carbons (Fsp3) is 0.211. The van der Waals surface area contributed by atoms with Crippen molar-refractivity contribution in [2.75, 3.05) is 7.11 Å². The molecule has 6 heteroatoms. The lowest BCUT2D eigenvalue weighted by Crippen LogP contribution is -2.04. The summed E-state index contributed by atoms with van der Waals surface area (Å²) in [5, 5.41) is 0. The molecule has 0 atom stereocenters. The van der Waals surface area contributed by atoms with E-state index in [0.717, 1.165) is 28.2 Å². The van der Waals surface area contributed by atoms with Crippen LogP contribution in [0.2, 0.25) is 0 Å². The highest BCUT2D eigenvalue weighted by atomic mass is 16.5. The maximum absolute atomic E-state index is 11.5. The van der Waals surface area contributed by atoms with Crippen LogP contribution in [0.25, 0.3) is 11.2 Å². The summed E-state index contributed by atoms with van der Waals surface area (Å²) >= 11 is 0. The third-order valence-corrected chi connectivity index (χ3v) is 4.19. The summed E-state index contributed by atoms with van der Waals surface area (Å²) in [5.41, 5.74) is 3.44. The molecule has 0 radical (unpaired) electrons.